The van der Waals surface area contributed by atoms with Gasteiger partial charge in [-0.1, -0.05) is 0 Å². The summed E-state index contributed by atoms with van der Waals surface area (Å²) in [7, 11) is -3.81. The molecule has 10 heteroatoms. The number of sulfonamides is 1. The SMILES string of the molecule is Cc1sc(Br)cc1S(=O)(=O)Nc1cc([N+](=O)[O-])ccc1Br. The number of hydrogen-bond donors (Lipinski definition) is 1. The summed E-state index contributed by atoms with van der Waals surface area (Å²) in [6, 6.07) is 5.37. The first-order valence-electron chi connectivity index (χ1n) is 5.43. The largest absolute Gasteiger partial charge is 0.278 e. The van der Waals surface area contributed by atoms with E-state index in [-0.39, 0.29) is 16.3 Å². The molecule has 0 bridgehead atoms. The minimum absolute atomic E-state index is 0.117. The van der Waals surface area contributed by atoms with E-state index in [1.54, 1.807) is 6.92 Å². The molecule has 2 rings (SSSR count). The van der Waals surface area contributed by atoms with Gasteiger partial charge in [-0.15, -0.1) is 11.3 Å². The molecule has 0 aliphatic heterocycles. The number of halogens is 2. The van der Waals surface area contributed by atoms with E-state index in [1.807, 2.05) is 0 Å². The molecule has 112 valence electrons. The zero-order valence-corrected chi connectivity index (χ0v) is 15.3. The fraction of sp³-hybridized carbons (Fsp3) is 0.0909. The highest BCUT2D eigenvalue weighted by atomic mass is 79.9. The van der Waals surface area contributed by atoms with E-state index in [9.17, 15) is 18.5 Å². The lowest BCUT2D eigenvalue weighted by molar-refractivity contribution is -0.384. The Bertz CT molecular complexity index is 818. The maximum atomic E-state index is 12.4. The average Bonchev–Trinajstić information content (AvgIpc) is 2.71. The van der Waals surface area contributed by atoms with Gasteiger partial charge in [0, 0.05) is 21.5 Å². The summed E-state index contributed by atoms with van der Waals surface area (Å²) in [5.41, 5.74) is -0.0787. The molecule has 1 aromatic carbocycles. The maximum Gasteiger partial charge on any atom is 0.271 e. The number of non-ortho nitro benzene ring substituents is 1. The van der Waals surface area contributed by atoms with Crippen LogP contribution in [0.5, 0.6) is 0 Å². The third-order valence-corrected chi connectivity index (χ3v) is 6.40. The Hall–Kier alpha value is -0.970. The average molecular weight is 456 g/mol. The van der Waals surface area contributed by atoms with E-state index in [0.29, 0.717) is 13.1 Å². The fourth-order valence-electron chi connectivity index (χ4n) is 1.60. The normalized spacial score (nSPS) is 11.4. The molecule has 2 aromatic rings. The molecule has 0 saturated carbocycles. The number of nitro groups is 1. The van der Waals surface area contributed by atoms with Gasteiger partial charge in [-0.3, -0.25) is 14.8 Å². The Labute approximate surface area is 141 Å². The van der Waals surface area contributed by atoms with Crippen LogP contribution in [-0.4, -0.2) is 13.3 Å². The summed E-state index contributed by atoms with van der Waals surface area (Å²) >= 11 is 7.70. The number of aryl methyl sites for hydroxylation is 1. The van der Waals surface area contributed by atoms with Gasteiger partial charge in [-0.05, 0) is 50.9 Å². The van der Waals surface area contributed by atoms with E-state index in [2.05, 4.69) is 36.6 Å². The highest BCUT2D eigenvalue weighted by Gasteiger charge is 2.21. The molecular formula is C11H8Br2N2O4S2. The number of nitrogens with one attached hydrogen (secondary N) is 1. The predicted molar refractivity (Wildman–Crippen MR) is 88.4 cm³/mol. The van der Waals surface area contributed by atoms with Crippen LogP contribution in [0.15, 0.2) is 37.4 Å². The van der Waals surface area contributed by atoms with Crippen molar-refractivity contribution in [2.75, 3.05) is 4.72 Å². The summed E-state index contributed by atoms with van der Waals surface area (Å²) in [5.74, 6) is 0. The fourth-order valence-corrected chi connectivity index (χ4v) is 5.57. The molecule has 0 atom stereocenters. The highest BCUT2D eigenvalue weighted by Crippen LogP contribution is 2.33. The molecule has 0 radical (unpaired) electrons. The van der Waals surface area contributed by atoms with Crippen LogP contribution >= 0.6 is 43.2 Å². The minimum Gasteiger partial charge on any atom is -0.278 e. The van der Waals surface area contributed by atoms with Crippen LogP contribution in [0, 0.1) is 17.0 Å². The molecule has 0 unspecified atom stereocenters. The first kappa shape index (κ1) is 16.4. The Morgan fingerprint density at radius 3 is 2.48 bits per heavy atom. The molecule has 0 fully saturated rings. The summed E-state index contributed by atoms with van der Waals surface area (Å²) < 4.78 is 28.2. The van der Waals surface area contributed by atoms with Gasteiger partial charge in [0.15, 0.2) is 0 Å². The van der Waals surface area contributed by atoms with Gasteiger partial charge in [0.25, 0.3) is 15.7 Å². The smallest absolute Gasteiger partial charge is 0.271 e. The minimum atomic E-state index is -3.81. The van der Waals surface area contributed by atoms with Gasteiger partial charge >= 0.3 is 0 Å². The second kappa shape index (κ2) is 6.03. The van der Waals surface area contributed by atoms with Gasteiger partial charge in [-0.2, -0.15) is 0 Å². The van der Waals surface area contributed by atoms with E-state index >= 15 is 0 Å². The lowest BCUT2D eigenvalue weighted by Gasteiger charge is -2.09. The Balaban J connectivity index is 2.43. The first-order chi connectivity index (χ1) is 9.70. The second-order valence-electron chi connectivity index (χ2n) is 4.00. The number of rotatable bonds is 4. The quantitative estimate of drug-likeness (QED) is 0.549. The Kier molecular flexibility index (Phi) is 4.71. The second-order valence-corrected chi connectivity index (χ2v) is 9.14. The van der Waals surface area contributed by atoms with E-state index in [1.165, 1.54) is 35.6 Å². The summed E-state index contributed by atoms with van der Waals surface area (Å²) in [4.78, 5) is 10.9. The summed E-state index contributed by atoms with van der Waals surface area (Å²) in [6.45, 7) is 1.69. The van der Waals surface area contributed by atoms with Crippen LogP contribution in [0.2, 0.25) is 0 Å². The summed E-state index contributed by atoms with van der Waals surface area (Å²) in [6.07, 6.45) is 0. The first-order valence-corrected chi connectivity index (χ1v) is 9.32. The molecule has 6 nitrogen and oxygen atoms in total. The molecular weight excluding hydrogens is 448 g/mol. The molecule has 0 aliphatic carbocycles. The monoisotopic (exact) mass is 454 g/mol. The Morgan fingerprint density at radius 2 is 1.95 bits per heavy atom. The van der Waals surface area contributed by atoms with Gasteiger partial charge < -0.3 is 0 Å². The van der Waals surface area contributed by atoms with Crippen molar-refractivity contribution in [1.82, 2.24) is 0 Å². The number of hydrogen-bond acceptors (Lipinski definition) is 5. The number of anilines is 1. The number of thiophene rings is 1. The summed E-state index contributed by atoms with van der Waals surface area (Å²) in [5, 5.41) is 10.8. The van der Waals surface area contributed by atoms with Crippen molar-refractivity contribution < 1.29 is 13.3 Å². The number of nitrogens with zero attached hydrogens (tertiary/aromatic N) is 1. The van der Waals surface area contributed by atoms with Crippen LogP contribution in [0.3, 0.4) is 0 Å². The van der Waals surface area contributed by atoms with Crippen molar-refractivity contribution in [2.45, 2.75) is 11.8 Å². The van der Waals surface area contributed by atoms with Gasteiger partial charge in [-0.25, -0.2) is 8.42 Å². The highest BCUT2D eigenvalue weighted by molar-refractivity contribution is 9.11. The van der Waals surface area contributed by atoms with Crippen LogP contribution in [0.1, 0.15) is 4.88 Å². The lowest BCUT2D eigenvalue weighted by Crippen LogP contribution is -2.13. The van der Waals surface area contributed by atoms with Crippen molar-refractivity contribution in [1.29, 1.82) is 0 Å². The Morgan fingerprint density at radius 1 is 1.29 bits per heavy atom. The molecule has 1 aromatic heterocycles. The van der Waals surface area contributed by atoms with Crippen molar-refractivity contribution in [2.24, 2.45) is 0 Å². The van der Waals surface area contributed by atoms with Crippen molar-refractivity contribution in [3.8, 4) is 0 Å². The van der Waals surface area contributed by atoms with E-state index in [0.717, 1.165) is 0 Å². The molecule has 0 amide bonds. The zero-order valence-electron chi connectivity index (χ0n) is 10.5. The van der Waals surface area contributed by atoms with Crippen molar-refractivity contribution in [3.63, 3.8) is 0 Å². The van der Waals surface area contributed by atoms with Gasteiger partial charge in [0.05, 0.1) is 14.4 Å². The predicted octanol–water partition coefficient (Wildman–Crippen LogP) is 4.29. The molecule has 1 heterocycles. The standard InChI is InChI=1S/C11H8Br2N2O4S2/c1-6-10(5-11(13)20-6)21(18,19)14-9-4-7(15(16)17)2-3-8(9)12/h2-5,14H,1H3. The third-order valence-electron chi connectivity index (χ3n) is 2.54. The maximum absolute atomic E-state index is 12.4. The van der Waals surface area contributed by atoms with Gasteiger partial charge in [0.1, 0.15) is 4.90 Å². The van der Waals surface area contributed by atoms with Crippen LogP contribution in [0.25, 0.3) is 0 Å². The topological polar surface area (TPSA) is 89.3 Å². The van der Waals surface area contributed by atoms with E-state index < -0.39 is 14.9 Å². The van der Waals surface area contributed by atoms with Crippen LogP contribution < -0.4 is 4.72 Å². The lowest BCUT2D eigenvalue weighted by atomic mass is 10.3. The van der Waals surface area contributed by atoms with Crippen LogP contribution in [0.4, 0.5) is 11.4 Å². The van der Waals surface area contributed by atoms with E-state index in [4.69, 9.17) is 0 Å². The number of nitro benzene ring substituents is 1. The molecule has 21 heavy (non-hydrogen) atoms. The van der Waals surface area contributed by atoms with Crippen molar-refractivity contribution in [3.05, 3.63) is 47.5 Å². The van der Waals surface area contributed by atoms with Crippen LogP contribution in [-0.2, 0) is 10.0 Å². The third kappa shape index (κ3) is 3.62. The van der Waals surface area contributed by atoms with Crippen molar-refractivity contribution >= 4 is 64.6 Å². The molecule has 0 saturated heterocycles. The number of benzene rings is 1. The van der Waals surface area contributed by atoms with Gasteiger partial charge in [0.2, 0.25) is 0 Å². The zero-order chi connectivity index (χ0) is 15.8. The molecule has 1 N–H and O–H groups in total. The molecule has 0 aliphatic rings. The molecule has 0 spiro atoms.